The van der Waals surface area contributed by atoms with Crippen molar-refractivity contribution in [3.63, 3.8) is 0 Å². The minimum Gasteiger partial charge on any atom is -0.352 e. The summed E-state index contributed by atoms with van der Waals surface area (Å²) in [7, 11) is 0. The number of benzene rings is 1. The van der Waals surface area contributed by atoms with Crippen molar-refractivity contribution >= 4 is 34.8 Å². The van der Waals surface area contributed by atoms with E-state index in [1.54, 1.807) is 11.3 Å². The molecule has 1 saturated heterocycles. The monoisotopic (exact) mass is 404 g/mol. The number of thiophene rings is 1. The van der Waals surface area contributed by atoms with E-state index in [4.69, 9.17) is 11.6 Å². The first kappa shape index (κ1) is 19.9. The van der Waals surface area contributed by atoms with Crippen molar-refractivity contribution in [2.45, 2.75) is 38.6 Å². The van der Waals surface area contributed by atoms with Crippen LogP contribution in [0.25, 0.3) is 0 Å². The minimum absolute atomic E-state index is 0.0386. The summed E-state index contributed by atoms with van der Waals surface area (Å²) >= 11 is 7.74. The summed E-state index contributed by atoms with van der Waals surface area (Å²) < 4.78 is 0. The van der Waals surface area contributed by atoms with Gasteiger partial charge in [-0.2, -0.15) is 11.3 Å². The number of nitrogens with one attached hydrogen (secondary N) is 1. The third-order valence-corrected chi connectivity index (χ3v) is 6.12. The molecule has 0 bridgehead atoms. The van der Waals surface area contributed by atoms with Crippen molar-refractivity contribution in [1.29, 1.82) is 0 Å². The third-order valence-electron chi connectivity index (χ3n) is 5.02. The van der Waals surface area contributed by atoms with Gasteiger partial charge in [-0.25, -0.2) is 0 Å². The van der Waals surface area contributed by atoms with Gasteiger partial charge in [-0.15, -0.1) is 0 Å². The maximum atomic E-state index is 12.5. The quantitative estimate of drug-likeness (QED) is 0.748. The Morgan fingerprint density at radius 2 is 2.11 bits per heavy atom. The van der Waals surface area contributed by atoms with Crippen LogP contribution in [-0.4, -0.2) is 29.8 Å². The molecule has 1 atom stereocenters. The van der Waals surface area contributed by atoms with Crippen LogP contribution in [0, 0.1) is 5.92 Å². The van der Waals surface area contributed by atoms with Gasteiger partial charge in [-0.1, -0.05) is 29.8 Å². The average Bonchev–Trinajstić information content (AvgIpc) is 3.19. The van der Waals surface area contributed by atoms with Gasteiger partial charge in [0.2, 0.25) is 11.8 Å². The van der Waals surface area contributed by atoms with Crippen LogP contribution >= 0.6 is 22.9 Å². The Labute approximate surface area is 169 Å². The van der Waals surface area contributed by atoms with Gasteiger partial charge in [0.25, 0.3) is 0 Å². The molecule has 4 nitrogen and oxygen atoms in total. The first-order valence-electron chi connectivity index (χ1n) is 9.41. The van der Waals surface area contributed by atoms with Gasteiger partial charge in [0.1, 0.15) is 0 Å². The molecule has 1 aromatic heterocycles. The topological polar surface area (TPSA) is 49.4 Å². The molecule has 1 aliphatic rings. The summed E-state index contributed by atoms with van der Waals surface area (Å²) in [6.45, 7) is 2.05. The normalized spacial score (nSPS) is 16.9. The van der Waals surface area contributed by atoms with E-state index in [2.05, 4.69) is 5.32 Å². The van der Waals surface area contributed by atoms with E-state index in [0.29, 0.717) is 30.3 Å². The Hall–Kier alpha value is -1.85. The summed E-state index contributed by atoms with van der Waals surface area (Å²) in [4.78, 5) is 26.6. The molecular formula is C21H25ClN2O2S. The van der Waals surface area contributed by atoms with E-state index in [9.17, 15) is 9.59 Å². The highest BCUT2D eigenvalue weighted by Gasteiger charge is 2.24. The molecule has 1 aliphatic heterocycles. The van der Waals surface area contributed by atoms with Crippen molar-refractivity contribution in [2.24, 2.45) is 5.92 Å². The Balaban J connectivity index is 1.40. The van der Waals surface area contributed by atoms with Crippen LogP contribution in [-0.2, 0) is 22.6 Å². The molecule has 1 fully saturated rings. The summed E-state index contributed by atoms with van der Waals surface area (Å²) in [5.74, 6) is 0.633. The van der Waals surface area contributed by atoms with Crippen LogP contribution in [0.1, 0.15) is 36.8 Å². The zero-order valence-electron chi connectivity index (χ0n) is 15.3. The molecule has 2 aromatic rings. The largest absolute Gasteiger partial charge is 0.352 e. The number of rotatable bonds is 7. The number of piperidine rings is 1. The molecule has 1 N–H and O–H groups in total. The van der Waals surface area contributed by atoms with Gasteiger partial charge >= 0.3 is 0 Å². The Morgan fingerprint density at radius 1 is 1.26 bits per heavy atom. The fourth-order valence-corrected chi connectivity index (χ4v) is 4.34. The summed E-state index contributed by atoms with van der Waals surface area (Å²) in [5, 5.41) is 7.64. The number of carbonyl (C=O) groups is 2. The third kappa shape index (κ3) is 6.08. The second kappa shape index (κ2) is 9.90. The molecular weight excluding hydrogens is 380 g/mol. The number of likely N-dealkylation sites (tertiary alicyclic amines) is 1. The Bertz CT molecular complexity index is 763. The number of carbonyl (C=O) groups excluding carboxylic acids is 2. The van der Waals surface area contributed by atoms with Gasteiger partial charge in [-0.05, 0) is 59.2 Å². The summed E-state index contributed by atoms with van der Waals surface area (Å²) in [5.41, 5.74) is 2.02. The lowest BCUT2D eigenvalue weighted by Gasteiger charge is -2.32. The fraction of sp³-hybridized carbons (Fsp3) is 0.429. The van der Waals surface area contributed by atoms with Gasteiger partial charge < -0.3 is 10.2 Å². The maximum absolute atomic E-state index is 12.5. The number of halogens is 1. The van der Waals surface area contributed by atoms with Crippen LogP contribution < -0.4 is 5.32 Å². The number of amides is 2. The van der Waals surface area contributed by atoms with Gasteiger partial charge in [0, 0.05) is 31.1 Å². The minimum atomic E-state index is 0.0386. The van der Waals surface area contributed by atoms with E-state index in [-0.39, 0.29) is 11.8 Å². The molecule has 1 unspecified atom stereocenters. The maximum Gasteiger partial charge on any atom is 0.227 e. The molecule has 6 heteroatoms. The highest BCUT2D eigenvalue weighted by molar-refractivity contribution is 7.08. The van der Waals surface area contributed by atoms with E-state index in [1.807, 2.05) is 46.0 Å². The van der Waals surface area contributed by atoms with Crippen LogP contribution in [0.3, 0.4) is 0 Å². The lowest BCUT2D eigenvalue weighted by Crippen LogP contribution is -2.41. The smallest absolute Gasteiger partial charge is 0.227 e. The first-order chi connectivity index (χ1) is 13.1. The molecule has 0 saturated carbocycles. The summed E-state index contributed by atoms with van der Waals surface area (Å²) in [6.07, 6.45) is 3.88. The second-order valence-corrected chi connectivity index (χ2v) is 8.25. The molecule has 2 heterocycles. The average molecular weight is 405 g/mol. The number of nitrogens with zero attached hydrogens (tertiary/aromatic N) is 1. The molecule has 0 aliphatic carbocycles. The highest BCUT2D eigenvalue weighted by atomic mass is 35.5. The van der Waals surface area contributed by atoms with Gasteiger partial charge in [0.05, 0.1) is 6.42 Å². The predicted molar refractivity (Wildman–Crippen MR) is 110 cm³/mol. The van der Waals surface area contributed by atoms with Crippen molar-refractivity contribution in [1.82, 2.24) is 10.2 Å². The molecule has 144 valence electrons. The van der Waals surface area contributed by atoms with Gasteiger partial charge in [0.15, 0.2) is 0 Å². The van der Waals surface area contributed by atoms with E-state index in [0.717, 1.165) is 43.5 Å². The molecule has 3 rings (SSSR count). The number of hydrogen-bond donors (Lipinski definition) is 1. The van der Waals surface area contributed by atoms with Crippen LogP contribution in [0.4, 0.5) is 0 Å². The molecule has 27 heavy (non-hydrogen) atoms. The zero-order chi connectivity index (χ0) is 19.1. The lowest BCUT2D eigenvalue weighted by molar-refractivity contribution is -0.132. The lowest BCUT2D eigenvalue weighted by atomic mass is 9.93. The highest BCUT2D eigenvalue weighted by Crippen LogP contribution is 2.22. The van der Waals surface area contributed by atoms with Crippen molar-refractivity contribution in [3.8, 4) is 0 Å². The van der Waals surface area contributed by atoms with Gasteiger partial charge in [-0.3, -0.25) is 9.59 Å². The standard InChI is InChI=1S/C21H25ClN2O2S/c22-19-6-2-1-5-18(19)13-23-20(25)8-7-16-4-3-10-24(14-16)21(26)12-17-9-11-27-15-17/h1-2,5-6,9,11,15-16H,3-4,7-8,10,12-14H2,(H,23,25). The zero-order valence-corrected chi connectivity index (χ0v) is 16.9. The number of hydrogen-bond acceptors (Lipinski definition) is 3. The Morgan fingerprint density at radius 3 is 2.89 bits per heavy atom. The summed E-state index contributed by atoms with van der Waals surface area (Å²) in [6, 6.07) is 9.54. The van der Waals surface area contributed by atoms with Crippen molar-refractivity contribution in [3.05, 3.63) is 57.2 Å². The molecule has 2 amide bonds. The predicted octanol–water partition coefficient (Wildman–Crippen LogP) is 4.28. The molecule has 1 aromatic carbocycles. The molecule has 0 radical (unpaired) electrons. The van der Waals surface area contributed by atoms with Crippen LogP contribution in [0.2, 0.25) is 5.02 Å². The molecule has 0 spiro atoms. The first-order valence-corrected chi connectivity index (χ1v) is 10.7. The van der Waals surface area contributed by atoms with Crippen molar-refractivity contribution < 1.29 is 9.59 Å². The van der Waals surface area contributed by atoms with E-state index < -0.39 is 0 Å². The Kier molecular flexibility index (Phi) is 7.30. The van der Waals surface area contributed by atoms with E-state index in [1.165, 1.54) is 0 Å². The fourth-order valence-electron chi connectivity index (χ4n) is 3.47. The van der Waals surface area contributed by atoms with E-state index >= 15 is 0 Å². The van der Waals surface area contributed by atoms with Crippen LogP contribution in [0.5, 0.6) is 0 Å². The second-order valence-electron chi connectivity index (χ2n) is 7.06. The van der Waals surface area contributed by atoms with Crippen LogP contribution in [0.15, 0.2) is 41.1 Å². The van der Waals surface area contributed by atoms with Crippen molar-refractivity contribution in [2.75, 3.05) is 13.1 Å². The SMILES string of the molecule is O=C(CCC1CCCN(C(=O)Cc2ccsc2)C1)NCc1ccccc1Cl.